The van der Waals surface area contributed by atoms with Crippen molar-refractivity contribution in [1.29, 1.82) is 0 Å². The van der Waals surface area contributed by atoms with E-state index >= 15 is 0 Å². The third-order valence-electron chi connectivity index (χ3n) is 3.43. The van der Waals surface area contributed by atoms with Gasteiger partial charge in [0.05, 0.1) is 6.61 Å². The number of hydrogen-bond donors (Lipinski definition) is 2. The van der Waals surface area contributed by atoms with E-state index in [-0.39, 0.29) is 12.1 Å². The van der Waals surface area contributed by atoms with E-state index in [2.05, 4.69) is 37.9 Å². The van der Waals surface area contributed by atoms with Gasteiger partial charge in [0.2, 0.25) is 0 Å². The standard InChI is InChI=1S/C14H32N2O/c1-5-8-11-16(7-3)12-9-10-14(4,13-17)15-6-2/h15,17H,5-13H2,1-4H3. The normalized spacial score (nSPS) is 15.2. The van der Waals surface area contributed by atoms with E-state index in [1.165, 1.54) is 19.4 Å². The van der Waals surface area contributed by atoms with Crippen LogP contribution in [-0.2, 0) is 0 Å². The Kier molecular flexibility index (Phi) is 9.79. The van der Waals surface area contributed by atoms with Crippen molar-refractivity contribution in [3.8, 4) is 0 Å². The molecule has 0 aliphatic rings. The van der Waals surface area contributed by atoms with Crippen LogP contribution in [0.2, 0.25) is 0 Å². The zero-order valence-electron chi connectivity index (χ0n) is 12.3. The number of likely N-dealkylation sites (N-methyl/N-ethyl adjacent to an activating group) is 1. The molecular formula is C14H32N2O. The van der Waals surface area contributed by atoms with E-state index in [1.54, 1.807) is 0 Å². The lowest BCUT2D eigenvalue weighted by Crippen LogP contribution is -2.46. The Labute approximate surface area is 108 Å². The molecule has 0 aromatic rings. The largest absolute Gasteiger partial charge is 0.394 e. The quantitative estimate of drug-likeness (QED) is 0.585. The van der Waals surface area contributed by atoms with Gasteiger partial charge in [0, 0.05) is 5.54 Å². The first-order valence-electron chi connectivity index (χ1n) is 7.20. The zero-order chi connectivity index (χ0) is 13.1. The van der Waals surface area contributed by atoms with Crippen molar-refractivity contribution in [3.63, 3.8) is 0 Å². The first-order valence-corrected chi connectivity index (χ1v) is 7.20. The SMILES string of the molecule is CCCCN(CC)CCCC(C)(CO)NCC. The molecule has 0 saturated carbocycles. The Hall–Kier alpha value is -0.120. The van der Waals surface area contributed by atoms with Crippen molar-refractivity contribution in [3.05, 3.63) is 0 Å². The lowest BCUT2D eigenvalue weighted by atomic mass is 9.96. The van der Waals surface area contributed by atoms with Crippen molar-refractivity contribution < 1.29 is 5.11 Å². The third kappa shape index (κ3) is 7.74. The maximum Gasteiger partial charge on any atom is 0.0610 e. The molecule has 0 aromatic heterocycles. The Morgan fingerprint density at radius 3 is 2.24 bits per heavy atom. The summed E-state index contributed by atoms with van der Waals surface area (Å²) < 4.78 is 0. The molecule has 104 valence electrons. The number of hydrogen-bond acceptors (Lipinski definition) is 3. The molecule has 0 heterocycles. The number of nitrogens with zero attached hydrogens (tertiary/aromatic N) is 1. The predicted octanol–water partition coefficient (Wildman–Crippen LogP) is 2.25. The van der Waals surface area contributed by atoms with E-state index < -0.39 is 0 Å². The van der Waals surface area contributed by atoms with Crippen LogP contribution in [0, 0.1) is 0 Å². The number of unbranched alkanes of at least 4 members (excludes halogenated alkanes) is 1. The smallest absolute Gasteiger partial charge is 0.0610 e. The fourth-order valence-corrected chi connectivity index (χ4v) is 2.15. The summed E-state index contributed by atoms with van der Waals surface area (Å²) in [5, 5.41) is 12.8. The molecule has 3 heteroatoms. The summed E-state index contributed by atoms with van der Waals surface area (Å²) >= 11 is 0. The van der Waals surface area contributed by atoms with Crippen molar-refractivity contribution in [1.82, 2.24) is 10.2 Å². The zero-order valence-corrected chi connectivity index (χ0v) is 12.3. The molecule has 0 fully saturated rings. The van der Waals surface area contributed by atoms with E-state index in [0.717, 1.165) is 32.5 Å². The second-order valence-corrected chi connectivity index (χ2v) is 5.14. The van der Waals surface area contributed by atoms with E-state index in [4.69, 9.17) is 0 Å². The maximum atomic E-state index is 9.40. The van der Waals surface area contributed by atoms with Crippen LogP contribution in [-0.4, -0.2) is 48.3 Å². The van der Waals surface area contributed by atoms with Gasteiger partial charge in [-0.2, -0.15) is 0 Å². The molecule has 0 bridgehead atoms. The van der Waals surface area contributed by atoms with Crippen LogP contribution in [0.25, 0.3) is 0 Å². The van der Waals surface area contributed by atoms with Crippen LogP contribution >= 0.6 is 0 Å². The van der Waals surface area contributed by atoms with Gasteiger partial charge in [-0.05, 0) is 52.4 Å². The van der Waals surface area contributed by atoms with Crippen LogP contribution in [0.3, 0.4) is 0 Å². The number of nitrogens with one attached hydrogen (secondary N) is 1. The summed E-state index contributed by atoms with van der Waals surface area (Å²) in [6.07, 6.45) is 4.75. The Morgan fingerprint density at radius 1 is 1.12 bits per heavy atom. The first kappa shape index (κ1) is 16.9. The number of rotatable bonds is 11. The van der Waals surface area contributed by atoms with Crippen molar-refractivity contribution in [2.45, 2.75) is 58.9 Å². The molecule has 17 heavy (non-hydrogen) atoms. The lowest BCUT2D eigenvalue weighted by molar-refractivity contribution is 0.158. The van der Waals surface area contributed by atoms with Gasteiger partial charge in [-0.25, -0.2) is 0 Å². The summed E-state index contributed by atoms with van der Waals surface area (Å²) in [5.41, 5.74) is -0.0983. The van der Waals surface area contributed by atoms with Gasteiger partial charge in [-0.15, -0.1) is 0 Å². The Morgan fingerprint density at radius 2 is 1.76 bits per heavy atom. The highest BCUT2D eigenvalue weighted by Crippen LogP contribution is 2.12. The van der Waals surface area contributed by atoms with Crippen LogP contribution < -0.4 is 5.32 Å². The molecule has 0 aliphatic carbocycles. The van der Waals surface area contributed by atoms with Gasteiger partial charge in [0.1, 0.15) is 0 Å². The van der Waals surface area contributed by atoms with Crippen LogP contribution in [0.4, 0.5) is 0 Å². The number of aliphatic hydroxyl groups is 1. The van der Waals surface area contributed by atoms with Gasteiger partial charge in [0.25, 0.3) is 0 Å². The Balaban J connectivity index is 3.84. The van der Waals surface area contributed by atoms with Gasteiger partial charge in [-0.3, -0.25) is 0 Å². The number of aliphatic hydroxyl groups excluding tert-OH is 1. The predicted molar refractivity (Wildman–Crippen MR) is 75.4 cm³/mol. The minimum atomic E-state index is -0.0983. The molecular weight excluding hydrogens is 212 g/mol. The molecule has 0 aromatic carbocycles. The van der Waals surface area contributed by atoms with Gasteiger partial charge >= 0.3 is 0 Å². The molecule has 1 unspecified atom stereocenters. The highest BCUT2D eigenvalue weighted by Gasteiger charge is 2.21. The van der Waals surface area contributed by atoms with Crippen molar-refractivity contribution in [2.75, 3.05) is 32.8 Å². The van der Waals surface area contributed by atoms with Gasteiger partial charge < -0.3 is 15.3 Å². The lowest BCUT2D eigenvalue weighted by Gasteiger charge is -2.29. The van der Waals surface area contributed by atoms with Crippen molar-refractivity contribution in [2.24, 2.45) is 0 Å². The molecule has 0 spiro atoms. The average molecular weight is 244 g/mol. The van der Waals surface area contributed by atoms with E-state index in [9.17, 15) is 5.11 Å². The first-order chi connectivity index (χ1) is 8.11. The molecule has 0 rings (SSSR count). The fourth-order valence-electron chi connectivity index (χ4n) is 2.15. The summed E-state index contributed by atoms with van der Waals surface area (Å²) in [6.45, 7) is 13.3. The second kappa shape index (κ2) is 9.86. The molecule has 3 nitrogen and oxygen atoms in total. The minimum Gasteiger partial charge on any atom is -0.394 e. The molecule has 0 radical (unpaired) electrons. The molecule has 2 N–H and O–H groups in total. The summed E-state index contributed by atoms with van der Waals surface area (Å²) in [6, 6.07) is 0. The summed E-state index contributed by atoms with van der Waals surface area (Å²) in [4.78, 5) is 2.51. The van der Waals surface area contributed by atoms with Crippen LogP contribution in [0.5, 0.6) is 0 Å². The second-order valence-electron chi connectivity index (χ2n) is 5.14. The average Bonchev–Trinajstić information content (AvgIpc) is 2.34. The highest BCUT2D eigenvalue weighted by atomic mass is 16.3. The summed E-state index contributed by atoms with van der Waals surface area (Å²) in [7, 11) is 0. The van der Waals surface area contributed by atoms with Crippen LogP contribution in [0.1, 0.15) is 53.4 Å². The van der Waals surface area contributed by atoms with Crippen LogP contribution in [0.15, 0.2) is 0 Å². The summed E-state index contributed by atoms with van der Waals surface area (Å²) in [5.74, 6) is 0. The van der Waals surface area contributed by atoms with E-state index in [1.807, 2.05) is 0 Å². The Bertz CT molecular complexity index is 176. The molecule has 1 atom stereocenters. The molecule has 0 amide bonds. The third-order valence-corrected chi connectivity index (χ3v) is 3.43. The molecule has 0 aliphatic heterocycles. The van der Waals surface area contributed by atoms with E-state index in [0.29, 0.717) is 0 Å². The minimum absolute atomic E-state index is 0.0983. The highest BCUT2D eigenvalue weighted by molar-refractivity contribution is 4.81. The van der Waals surface area contributed by atoms with Gasteiger partial charge in [0.15, 0.2) is 0 Å². The fraction of sp³-hybridized carbons (Fsp3) is 1.00. The van der Waals surface area contributed by atoms with Gasteiger partial charge in [-0.1, -0.05) is 27.2 Å². The monoisotopic (exact) mass is 244 g/mol. The maximum absolute atomic E-state index is 9.40. The topological polar surface area (TPSA) is 35.5 Å². The molecule has 0 saturated heterocycles. The van der Waals surface area contributed by atoms with Crippen molar-refractivity contribution >= 4 is 0 Å².